The predicted octanol–water partition coefficient (Wildman–Crippen LogP) is 2.02. The number of benzene rings is 1. The van der Waals surface area contributed by atoms with E-state index in [-0.39, 0.29) is 10.7 Å². The molecule has 0 unspecified atom stereocenters. The SMILES string of the molecule is CSC(C)(C)CNCc1ccccc1C(N)=O. The van der Waals surface area contributed by atoms with Gasteiger partial charge in [0.25, 0.3) is 0 Å². The fraction of sp³-hybridized carbons (Fsp3) is 0.462. The molecule has 0 aliphatic carbocycles. The molecule has 0 spiro atoms. The minimum atomic E-state index is -0.369. The molecule has 0 radical (unpaired) electrons. The second kappa shape index (κ2) is 6.07. The summed E-state index contributed by atoms with van der Waals surface area (Å²) in [6.45, 7) is 5.93. The molecule has 0 saturated carbocycles. The number of hydrogen-bond acceptors (Lipinski definition) is 3. The highest BCUT2D eigenvalue weighted by molar-refractivity contribution is 7.99. The summed E-state index contributed by atoms with van der Waals surface area (Å²) in [7, 11) is 0. The minimum Gasteiger partial charge on any atom is -0.366 e. The van der Waals surface area contributed by atoms with Crippen LogP contribution in [0, 0.1) is 0 Å². The number of thioether (sulfide) groups is 1. The first kappa shape index (κ1) is 14.1. The lowest BCUT2D eigenvalue weighted by Gasteiger charge is -2.22. The Hall–Kier alpha value is -1.00. The van der Waals surface area contributed by atoms with Crippen LogP contribution in [0.1, 0.15) is 29.8 Å². The molecule has 1 aromatic carbocycles. The smallest absolute Gasteiger partial charge is 0.249 e. The zero-order valence-electron chi connectivity index (χ0n) is 10.6. The molecule has 0 aromatic heterocycles. The number of primary amides is 1. The quantitative estimate of drug-likeness (QED) is 0.814. The molecule has 17 heavy (non-hydrogen) atoms. The Morgan fingerprint density at radius 1 is 1.41 bits per heavy atom. The van der Waals surface area contributed by atoms with Crippen molar-refractivity contribution in [2.75, 3.05) is 12.8 Å². The summed E-state index contributed by atoms with van der Waals surface area (Å²) in [4.78, 5) is 11.2. The molecule has 0 atom stereocenters. The standard InChI is InChI=1S/C13H20N2OS/c1-13(2,17-3)9-15-8-10-6-4-5-7-11(10)12(14)16/h4-7,15H,8-9H2,1-3H3,(H2,14,16). The molecule has 0 heterocycles. The Kier molecular flexibility index (Phi) is 5.02. The van der Waals surface area contributed by atoms with Gasteiger partial charge in [0.2, 0.25) is 5.91 Å². The van der Waals surface area contributed by atoms with Crippen molar-refractivity contribution < 1.29 is 4.79 Å². The van der Waals surface area contributed by atoms with Crippen molar-refractivity contribution in [2.45, 2.75) is 25.1 Å². The maximum absolute atomic E-state index is 11.2. The average Bonchev–Trinajstić information content (AvgIpc) is 2.29. The van der Waals surface area contributed by atoms with Gasteiger partial charge in [0.05, 0.1) is 0 Å². The normalized spacial score (nSPS) is 11.5. The third-order valence-electron chi connectivity index (χ3n) is 2.70. The van der Waals surface area contributed by atoms with Gasteiger partial charge in [-0.1, -0.05) is 18.2 Å². The van der Waals surface area contributed by atoms with E-state index in [1.807, 2.05) is 30.0 Å². The first-order chi connectivity index (χ1) is 7.96. The van der Waals surface area contributed by atoms with Crippen LogP contribution in [-0.4, -0.2) is 23.5 Å². The molecule has 1 rings (SSSR count). The summed E-state index contributed by atoms with van der Waals surface area (Å²) in [5.41, 5.74) is 6.88. The Morgan fingerprint density at radius 3 is 2.65 bits per heavy atom. The summed E-state index contributed by atoms with van der Waals surface area (Å²) in [6.07, 6.45) is 2.10. The Morgan fingerprint density at radius 2 is 2.06 bits per heavy atom. The molecule has 0 saturated heterocycles. The molecule has 0 bridgehead atoms. The van der Waals surface area contributed by atoms with E-state index >= 15 is 0 Å². The highest BCUT2D eigenvalue weighted by Gasteiger charge is 2.15. The predicted molar refractivity (Wildman–Crippen MR) is 74.3 cm³/mol. The van der Waals surface area contributed by atoms with Crippen LogP contribution >= 0.6 is 11.8 Å². The van der Waals surface area contributed by atoms with Gasteiger partial charge in [0.1, 0.15) is 0 Å². The number of carbonyl (C=O) groups excluding carboxylic acids is 1. The Balaban J connectivity index is 2.61. The molecule has 0 fully saturated rings. The first-order valence-electron chi connectivity index (χ1n) is 5.60. The van der Waals surface area contributed by atoms with Crippen LogP contribution in [0.5, 0.6) is 0 Å². The van der Waals surface area contributed by atoms with Gasteiger partial charge in [-0.25, -0.2) is 0 Å². The van der Waals surface area contributed by atoms with Gasteiger partial charge in [0.15, 0.2) is 0 Å². The van der Waals surface area contributed by atoms with Crippen molar-refractivity contribution in [3.05, 3.63) is 35.4 Å². The maximum Gasteiger partial charge on any atom is 0.249 e. The fourth-order valence-electron chi connectivity index (χ4n) is 1.49. The number of amides is 1. The zero-order chi connectivity index (χ0) is 12.9. The van der Waals surface area contributed by atoms with E-state index in [0.717, 1.165) is 12.1 Å². The summed E-state index contributed by atoms with van der Waals surface area (Å²) in [6, 6.07) is 7.44. The molecular formula is C13H20N2OS. The van der Waals surface area contributed by atoms with Crippen LogP contribution in [0.25, 0.3) is 0 Å². The van der Waals surface area contributed by atoms with Crippen LogP contribution in [0.4, 0.5) is 0 Å². The monoisotopic (exact) mass is 252 g/mol. The molecule has 1 amide bonds. The Labute approximate surface area is 107 Å². The van der Waals surface area contributed by atoms with E-state index in [2.05, 4.69) is 25.4 Å². The van der Waals surface area contributed by atoms with Crippen LogP contribution < -0.4 is 11.1 Å². The average molecular weight is 252 g/mol. The summed E-state index contributed by atoms with van der Waals surface area (Å²) < 4.78 is 0.196. The topological polar surface area (TPSA) is 55.1 Å². The fourth-order valence-corrected chi connectivity index (χ4v) is 1.73. The Bertz CT molecular complexity index is 391. The number of nitrogens with two attached hydrogens (primary N) is 1. The first-order valence-corrected chi connectivity index (χ1v) is 6.82. The lowest BCUT2D eigenvalue weighted by molar-refractivity contribution is 0.0999. The number of carbonyl (C=O) groups is 1. The van der Waals surface area contributed by atoms with Crippen molar-refractivity contribution in [3.63, 3.8) is 0 Å². The van der Waals surface area contributed by atoms with Gasteiger partial charge in [-0.2, -0.15) is 11.8 Å². The van der Waals surface area contributed by atoms with E-state index in [1.165, 1.54) is 0 Å². The molecular weight excluding hydrogens is 232 g/mol. The highest BCUT2D eigenvalue weighted by Crippen LogP contribution is 2.19. The molecule has 1 aromatic rings. The van der Waals surface area contributed by atoms with Crippen molar-refractivity contribution in [2.24, 2.45) is 5.73 Å². The number of hydrogen-bond donors (Lipinski definition) is 2. The molecule has 4 heteroatoms. The van der Waals surface area contributed by atoms with Crippen molar-refractivity contribution in [3.8, 4) is 0 Å². The van der Waals surface area contributed by atoms with Crippen LogP contribution in [0.15, 0.2) is 24.3 Å². The minimum absolute atomic E-state index is 0.196. The largest absolute Gasteiger partial charge is 0.366 e. The van der Waals surface area contributed by atoms with E-state index in [1.54, 1.807) is 6.07 Å². The van der Waals surface area contributed by atoms with Gasteiger partial charge in [0, 0.05) is 23.4 Å². The van der Waals surface area contributed by atoms with Crippen molar-refractivity contribution in [1.29, 1.82) is 0 Å². The zero-order valence-corrected chi connectivity index (χ0v) is 11.4. The second-order valence-corrected chi connectivity index (χ2v) is 6.10. The van der Waals surface area contributed by atoms with Crippen molar-refractivity contribution in [1.82, 2.24) is 5.32 Å². The molecule has 0 aliphatic rings. The van der Waals surface area contributed by atoms with Gasteiger partial charge in [-0.05, 0) is 31.7 Å². The highest BCUT2D eigenvalue weighted by atomic mass is 32.2. The lowest BCUT2D eigenvalue weighted by atomic mass is 10.1. The van der Waals surface area contributed by atoms with E-state index in [0.29, 0.717) is 12.1 Å². The van der Waals surface area contributed by atoms with Gasteiger partial charge in [-0.3, -0.25) is 4.79 Å². The number of nitrogens with one attached hydrogen (secondary N) is 1. The van der Waals surface area contributed by atoms with Gasteiger partial charge >= 0.3 is 0 Å². The molecule has 94 valence electrons. The van der Waals surface area contributed by atoms with Crippen LogP contribution in [0.3, 0.4) is 0 Å². The van der Waals surface area contributed by atoms with E-state index < -0.39 is 0 Å². The van der Waals surface area contributed by atoms with Crippen LogP contribution in [0.2, 0.25) is 0 Å². The van der Waals surface area contributed by atoms with Gasteiger partial charge < -0.3 is 11.1 Å². The summed E-state index contributed by atoms with van der Waals surface area (Å²) in [5, 5.41) is 3.36. The number of rotatable bonds is 6. The third kappa shape index (κ3) is 4.40. The summed E-state index contributed by atoms with van der Waals surface area (Å²) in [5.74, 6) is -0.369. The lowest BCUT2D eigenvalue weighted by Crippen LogP contribution is -2.32. The third-order valence-corrected chi connectivity index (χ3v) is 3.95. The van der Waals surface area contributed by atoms with E-state index in [4.69, 9.17) is 5.73 Å². The molecule has 0 aliphatic heterocycles. The maximum atomic E-state index is 11.2. The molecule has 3 N–H and O–H groups in total. The second-order valence-electron chi connectivity index (χ2n) is 4.59. The molecule has 3 nitrogen and oxygen atoms in total. The summed E-state index contributed by atoms with van der Waals surface area (Å²) >= 11 is 1.82. The van der Waals surface area contributed by atoms with Crippen LogP contribution in [-0.2, 0) is 6.54 Å². The van der Waals surface area contributed by atoms with E-state index in [9.17, 15) is 4.79 Å². The van der Waals surface area contributed by atoms with Gasteiger partial charge in [-0.15, -0.1) is 0 Å². The van der Waals surface area contributed by atoms with Crippen molar-refractivity contribution >= 4 is 17.7 Å².